The number of carbonyl (C=O) groups is 2. The van der Waals surface area contributed by atoms with Gasteiger partial charge in [-0.05, 0) is 42.9 Å². The Morgan fingerprint density at radius 3 is 2.50 bits per heavy atom. The molecular weight excluding hydrogens is 507 g/mol. The van der Waals surface area contributed by atoms with Crippen molar-refractivity contribution in [1.29, 1.82) is 0 Å². The average Bonchev–Trinajstić information content (AvgIpc) is 2.90. The number of nitrogens with one attached hydrogen (secondary N) is 3. The van der Waals surface area contributed by atoms with Crippen LogP contribution >= 0.6 is 12.2 Å². The second-order valence-electron chi connectivity index (χ2n) is 8.33. The molecular formula is C28H25FN4O4S. The monoisotopic (exact) mass is 532 g/mol. The van der Waals surface area contributed by atoms with Gasteiger partial charge in [-0.1, -0.05) is 30.3 Å². The number of carbonyl (C=O) groups excluding carboxylic acids is 2. The first-order valence-electron chi connectivity index (χ1n) is 11.6. The molecule has 0 unspecified atom stereocenters. The van der Waals surface area contributed by atoms with Crippen LogP contribution in [0.2, 0.25) is 0 Å². The van der Waals surface area contributed by atoms with E-state index >= 15 is 4.39 Å². The van der Waals surface area contributed by atoms with Gasteiger partial charge in [0.15, 0.2) is 16.7 Å². The lowest BCUT2D eigenvalue weighted by Gasteiger charge is -2.15. The van der Waals surface area contributed by atoms with Gasteiger partial charge in [-0.3, -0.25) is 14.6 Å². The lowest BCUT2D eigenvalue weighted by Crippen LogP contribution is -2.35. The van der Waals surface area contributed by atoms with Crippen molar-refractivity contribution in [3.05, 3.63) is 89.4 Å². The summed E-state index contributed by atoms with van der Waals surface area (Å²) in [6.45, 7) is 1.77. The third kappa shape index (κ3) is 6.04. The largest absolute Gasteiger partial charge is 0.496 e. The van der Waals surface area contributed by atoms with Crippen LogP contribution in [0.1, 0.15) is 21.5 Å². The molecule has 0 saturated heterocycles. The number of ether oxygens (including phenoxy) is 2. The molecule has 4 aromatic rings. The van der Waals surface area contributed by atoms with Gasteiger partial charge in [-0.2, -0.15) is 0 Å². The Bertz CT molecular complexity index is 1530. The van der Waals surface area contributed by atoms with Crippen LogP contribution in [0, 0.1) is 12.7 Å². The van der Waals surface area contributed by atoms with E-state index in [0.717, 1.165) is 5.56 Å². The predicted molar refractivity (Wildman–Crippen MR) is 147 cm³/mol. The molecule has 0 saturated carbocycles. The highest BCUT2D eigenvalue weighted by Crippen LogP contribution is 2.37. The molecule has 0 spiro atoms. The number of fused-ring (bicyclic) bond motifs is 1. The summed E-state index contributed by atoms with van der Waals surface area (Å²) >= 11 is 5.20. The molecule has 3 aromatic carbocycles. The maximum absolute atomic E-state index is 15.1. The number of rotatable bonds is 7. The van der Waals surface area contributed by atoms with Crippen molar-refractivity contribution in [2.75, 3.05) is 19.5 Å². The Morgan fingerprint density at radius 2 is 1.82 bits per heavy atom. The summed E-state index contributed by atoms with van der Waals surface area (Å²) in [6.07, 6.45) is 1.76. The zero-order valence-electron chi connectivity index (χ0n) is 20.9. The van der Waals surface area contributed by atoms with E-state index in [9.17, 15) is 9.59 Å². The third-order valence-corrected chi connectivity index (χ3v) is 5.86. The molecule has 0 aliphatic carbocycles. The molecule has 4 rings (SSSR count). The Kier molecular flexibility index (Phi) is 8.12. The summed E-state index contributed by atoms with van der Waals surface area (Å²) in [4.78, 5) is 29.0. The minimum absolute atomic E-state index is 0.0394. The highest BCUT2D eigenvalue weighted by atomic mass is 32.1. The average molecular weight is 533 g/mol. The van der Waals surface area contributed by atoms with Crippen LogP contribution in [0.5, 0.6) is 17.2 Å². The predicted octanol–water partition coefficient (Wildman–Crippen LogP) is 4.90. The van der Waals surface area contributed by atoms with Crippen LogP contribution in [-0.2, 0) is 11.2 Å². The smallest absolute Gasteiger partial charge is 0.254 e. The van der Waals surface area contributed by atoms with Gasteiger partial charge in [0.2, 0.25) is 5.91 Å². The summed E-state index contributed by atoms with van der Waals surface area (Å²) in [5.74, 6) is -0.620. The highest BCUT2D eigenvalue weighted by molar-refractivity contribution is 7.80. The quantitative estimate of drug-likeness (QED) is 0.291. The van der Waals surface area contributed by atoms with Crippen LogP contribution in [0.25, 0.3) is 10.9 Å². The van der Waals surface area contributed by atoms with Crippen molar-refractivity contribution >= 4 is 45.7 Å². The number of aryl methyl sites for hydroxylation is 1. The molecule has 0 atom stereocenters. The number of anilines is 1. The molecule has 0 radical (unpaired) electrons. The van der Waals surface area contributed by atoms with E-state index in [1.165, 1.54) is 26.3 Å². The second kappa shape index (κ2) is 11.7. The van der Waals surface area contributed by atoms with E-state index in [2.05, 4.69) is 20.9 Å². The fraction of sp³-hybridized carbons (Fsp3) is 0.143. The third-order valence-electron chi connectivity index (χ3n) is 5.65. The first kappa shape index (κ1) is 26.5. The topological polar surface area (TPSA) is 102 Å². The standard InChI is InChI=1S/C28H25FN4O4S/c1-16-15-31-22-14-24(36-3)20(27(35)30-2)13-19(22)26(16)37-23-10-9-18(12-21(23)29)32-28(38)33-25(34)11-17-7-5-4-6-8-17/h4-10,12-15H,11H2,1-3H3,(H,30,35)(H2,32,33,34,38). The zero-order chi connectivity index (χ0) is 27.2. The first-order valence-corrected chi connectivity index (χ1v) is 12.0. The van der Waals surface area contributed by atoms with Crippen molar-refractivity contribution < 1.29 is 23.5 Å². The Morgan fingerprint density at radius 1 is 1.05 bits per heavy atom. The van der Waals surface area contributed by atoms with Crippen molar-refractivity contribution in [3.8, 4) is 17.2 Å². The fourth-order valence-electron chi connectivity index (χ4n) is 3.80. The van der Waals surface area contributed by atoms with E-state index in [0.29, 0.717) is 39.2 Å². The molecule has 0 bridgehead atoms. The summed E-state index contributed by atoms with van der Waals surface area (Å²) in [6, 6.07) is 16.7. The Balaban J connectivity index is 1.52. The molecule has 1 heterocycles. The molecule has 3 N–H and O–H groups in total. The summed E-state index contributed by atoms with van der Waals surface area (Å²) in [5.41, 5.74) is 2.64. The van der Waals surface area contributed by atoms with Gasteiger partial charge < -0.3 is 25.4 Å². The zero-order valence-corrected chi connectivity index (χ0v) is 21.7. The van der Waals surface area contributed by atoms with E-state index in [1.807, 2.05) is 30.3 Å². The lowest BCUT2D eigenvalue weighted by atomic mass is 10.1. The summed E-state index contributed by atoms with van der Waals surface area (Å²) in [7, 11) is 2.98. The number of aromatic nitrogens is 1. The van der Waals surface area contributed by atoms with Gasteiger partial charge in [-0.25, -0.2) is 4.39 Å². The molecule has 194 valence electrons. The van der Waals surface area contributed by atoms with Crippen LogP contribution < -0.4 is 25.4 Å². The molecule has 1 aromatic heterocycles. The number of pyridine rings is 1. The maximum atomic E-state index is 15.1. The normalized spacial score (nSPS) is 10.5. The van der Waals surface area contributed by atoms with Crippen LogP contribution in [0.15, 0.2) is 66.9 Å². The number of halogens is 1. The lowest BCUT2D eigenvalue weighted by molar-refractivity contribution is -0.119. The molecule has 0 fully saturated rings. The minimum Gasteiger partial charge on any atom is -0.496 e. The number of benzene rings is 3. The van der Waals surface area contributed by atoms with E-state index < -0.39 is 5.82 Å². The number of nitrogens with zero attached hydrogens (tertiary/aromatic N) is 1. The SMILES string of the molecule is CNC(=O)c1cc2c(Oc3ccc(NC(=S)NC(=O)Cc4ccccc4)cc3F)c(C)cnc2cc1OC. The number of thiocarbonyl (C=S) groups is 1. The summed E-state index contributed by atoms with van der Waals surface area (Å²) in [5, 5.41) is 8.53. The van der Waals surface area contributed by atoms with E-state index in [-0.39, 0.29) is 29.1 Å². The molecule has 0 aliphatic rings. The Hall–Kier alpha value is -4.57. The Labute approximate surface area is 224 Å². The van der Waals surface area contributed by atoms with Crippen molar-refractivity contribution in [2.24, 2.45) is 0 Å². The minimum atomic E-state index is -0.655. The van der Waals surface area contributed by atoms with Gasteiger partial charge in [0, 0.05) is 42.0 Å². The molecule has 0 aliphatic heterocycles. The van der Waals surface area contributed by atoms with E-state index in [1.54, 1.807) is 31.3 Å². The maximum Gasteiger partial charge on any atom is 0.254 e. The molecule has 2 amide bonds. The van der Waals surface area contributed by atoms with Crippen LogP contribution in [-0.4, -0.2) is 36.1 Å². The molecule has 38 heavy (non-hydrogen) atoms. The molecule has 8 nitrogen and oxygen atoms in total. The number of methoxy groups -OCH3 is 1. The van der Waals surface area contributed by atoms with Gasteiger partial charge in [0.1, 0.15) is 11.5 Å². The highest BCUT2D eigenvalue weighted by Gasteiger charge is 2.18. The van der Waals surface area contributed by atoms with Crippen molar-refractivity contribution in [1.82, 2.24) is 15.6 Å². The fourth-order valence-corrected chi connectivity index (χ4v) is 4.03. The number of amides is 2. The van der Waals surface area contributed by atoms with Crippen molar-refractivity contribution in [2.45, 2.75) is 13.3 Å². The van der Waals surface area contributed by atoms with E-state index in [4.69, 9.17) is 21.7 Å². The van der Waals surface area contributed by atoms with Crippen LogP contribution in [0.3, 0.4) is 0 Å². The molecule has 10 heteroatoms. The summed E-state index contributed by atoms with van der Waals surface area (Å²) < 4.78 is 26.4. The van der Waals surface area contributed by atoms with Gasteiger partial charge in [0.25, 0.3) is 5.91 Å². The second-order valence-corrected chi connectivity index (χ2v) is 8.74. The van der Waals surface area contributed by atoms with Crippen LogP contribution in [0.4, 0.5) is 10.1 Å². The van der Waals surface area contributed by atoms with Gasteiger partial charge in [-0.15, -0.1) is 0 Å². The first-order chi connectivity index (χ1) is 18.3. The van der Waals surface area contributed by atoms with Gasteiger partial charge >= 0.3 is 0 Å². The number of hydrogen-bond donors (Lipinski definition) is 3. The number of hydrogen-bond acceptors (Lipinski definition) is 6. The van der Waals surface area contributed by atoms with Crippen molar-refractivity contribution in [3.63, 3.8) is 0 Å². The van der Waals surface area contributed by atoms with Gasteiger partial charge in [0.05, 0.1) is 24.6 Å².